The Kier molecular flexibility index (Phi) is 9.23. The molecule has 220 valence electrons. The molecule has 2 aliphatic rings. The molecule has 7 unspecified atom stereocenters. The zero-order valence-corrected chi connectivity index (χ0v) is 22.5. The molecule has 0 spiro atoms. The minimum absolute atomic E-state index is 0.0239. The first-order valence-corrected chi connectivity index (χ1v) is 12.5. The number of methoxy groups -OCH3 is 4. The van der Waals surface area contributed by atoms with Crippen LogP contribution in [0.15, 0.2) is 24.3 Å². The van der Waals surface area contributed by atoms with Crippen LogP contribution in [-0.2, 0) is 14.2 Å². The molecular weight excluding hydrogens is 532 g/mol. The summed E-state index contributed by atoms with van der Waals surface area (Å²) < 4.78 is 38.3. The van der Waals surface area contributed by atoms with Crippen molar-refractivity contribution >= 4 is 5.78 Å². The van der Waals surface area contributed by atoms with E-state index in [4.69, 9.17) is 33.2 Å². The van der Waals surface area contributed by atoms with Crippen LogP contribution < -0.4 is 18.9 Å². The summed E-state index contributed by atoms with van der Waals surface area (Å²) >= 11 is 0. The normalized spacial score (nSPS) is 28.2. The Balaban J connectivity index is 1.69. The largest absolute Gasteiger partial charge is 0.502 e. The molecule has 0 saturated carbocycles. The third-order valence-electron chi connectivity index (χ3n) is 7.20. The van der Waals surface area contributed by atoms with Crippen molar-refractivity contribution in [3.63, 3.8) is 0 Å². The van der Waals surface area contributed by atoms with E-state index >= 15 is 0 Å². The Labute approximate surface area is 230 Å². The highest BCUT2D eigenvalue weighted by atomic mass is 16.7. The molecule has 0 bridgehead atoms. The highest BCUT2D eigenvalue weighted by molar-refractivity contribution is 5.99. The molecule has 7 atom stereocenters. The Morgan fingerprint density at radius 2 is 1.32 bits per heavy atom. The van der Waals surface area contributed by atoms with E-state index in [1.165, 1.54) is 40.6 Å². The lowest BCUT2D eigenvalue weighted by atomic mass is 9.83. The summed E-state index contributed by atoms with van der Waals surface area (Å²) in [5.41, 5.74) is 0.718. The third-order valence-corrected chi connectivity index (χ3v) is 7.20. The fourth-order valence-electron chi connectivity index (χ4n) is 4.94. The SMILES string of the molecule is COc1cc(C(=O)C2COC(c3cc(OC)c(O)c(OC)c3)C2COC2OCC(O)C(O)C2O)cc(OC)c1O. The third kappa shape index (κ3) is 5.61. The molecule has 2 fully saturated rings. The zero-order valence-electron chi connectivity index (χ0n) is 22.5. The van der Waals surface area contributed by atoms with Gasteiger partial charge < -0.3 is 58.7 Å². The maximum absolute atomic E-state index is 13.8. The van der Waals surface area contributed by atoms with Crippen LogP contribution in [-0.4, -0.2) is 104 Å². The number of carbonyl (C=O) groups excluding carboxylic acids is 1. The van der Waals surface area contributed by atoms with Crippen LogP contribution in [0.3, 0.4) is 0 Å². The molecule has 0 aliphatic carbocycles. The molecule has 13 heteroatoms. The second-order valence-corrected chi connectivity index (χ2v) is 9.48. The molecule has 2 saturated heterocycles. The summed E-state index contributed by atoms with van der Waals surface area (Å²) in [6.07, 6.45) is -6.31. The number of rotatable bonds is 10. The van der Waals surface area contributed by atoms with Crippen molar-refractivity contribution in [1.82, 2.24) is 0 Å². The molecule has 2 aromatic rings. The predicted octanol–water partition coefficient (Wildman–Crippen LogP) is 0.774. The number of aliphatic hydroxyl groups is 3. The van der Waals surface area contributed by atoms with Gasteiger partial charge in [0.25, 0.3) is 0 Å². The Morgan fingerprint density at radius 1 is 0.800 bits per heavy atom. The zero-order chi connectivity index (χ0) is 29.1. The maximum atomic E-state index is 13.8. The minimum Gasteiger partial charge on any atom is -0.502 e. The van der Waals surface area contributed by atoms with Gasteiger partial charge in [-0.1, -0.05) is 0 Å². The molecule has 0 amide bonds. The number of aliphatic hydroxyl groups excluding tert-OH is 3. The number of aromatic hydroxyl groups is 2. The van der Waals surface area contributed by atoms with E-state index in [9.17, 15) is 30.3 Å². The van der Waals surface area contributed by atoms with Gasteiger partial charge in [0.15, 0.2) is 35.1 Å². The second kappa shape index (κ2) is 12.5. The summed E-state index contributed by atoms with van der Waals surface area (Å²) in [6.45, 7) is -0.442. The molecule has 4 rings (SSSR count). The molecule has 0 radical (unpaired) electrons. The highest BCUT2D eigenvalue weighted by Crippen LogP contribution is 2.46. The van der Waals surface area contributed by atoms with Crippen molar-refractivity contribution in [3.05, 3.63) is 35.4 Å². The minimum atomic E-state index is -1.53. The van der Waals surface area contributed by atoms with Crippen LogP contribution in [0.25, 0.3) is 0 Å². The van der Waals surface area contributed by atoms with E-state index in [0.29, 0.717) is 5.56 Å². The number of hydrogen-bond acceptors (Lipinski definition) is 13. The van der Waals surface area contributed by atoms with Gasteiger partial charge in [-0.25, -0.2) is 0 Å². The number of Topliss-reactive ketones (excluding diaryl/α,β-unsaturated/α-hetero) is 1. The van der Waals surface area contributed by atoms with Crippen molar-refractivity contribution in [3.8, 4) is 34.5 Å². The first-order chi connectivity index (χ1) is 19.1. The fourth-order valence-corrected chi connectivity index (χ4v) is 4.94. The number of phenolic OH excluding ortho intramolecular Hbond substituents is 2. The lowest BCUT2D eigenvalue weighted by molar-refractivity contribution is -0.273. The number of carbonyl (C=O) groups is 1. The summed E-state index contributed by atoms with van der Waals surface area (Å²) in [5.74, 6) is -1.92. The number of ether oxygens (including phenoxy) is 7. The van der Waals surface area contributed by atoms with Crippen LogP contribution in [0.2, 0.25) is 0 Å². The maximum Gasteiger partial charge on any atom is 0.200 e. The number of phenols is 2. The van der Waals surface area contributed by atoms with E-state index < -0.39 is 42.5 Å². The lowest BCUT2D eigenvalue weighted by Gasteiger charge is -2.36. The van der Waals surface area contributed by atoms with Crippen molar-refractivity contribution < 1.29 is 63.5 Å². The van der Waals surface area contributed by atoms with Crippen molar-refractivity contribution in [1.29, 1.82) is 0 Å². The van der Waals surface area contributed by atoms with Gasteiger partial charge in [0.05, 0.1) is 60.3 Å². The predicted molar refractivity (Wildman–Crippen MR) is 136 cm³/mol. The molecule has 0 aromatic heterocycles. The van der Waals surface area contributed by atoms with Gasteiger partial charge in [0.1, 0.15) is 18.3 Å². The van der Waals surface area contributed by atoms with E-state index in [-0.39, 0.29) is 65.7 Å². The first-order valence-electron chi connectivity index (χ1n) is 12.5. The van der Waals surface area contributed by atoms with Crippen molar-refractivity contribution in [2.24, 2.45) is 11.8 Å². The van der Waals surface area contributed by atoms with Gasteiger partial charge in [-0.2, -0.15) is 0 Å². The van der Waals surface area contributed by atoms with E-state index in [1.54, 1.807) is 12.1 Å². The summed E-state index contributed by atoms with van der Waals surface area (Å²) in [5, 5.41) is 50.8. The smallest absolute Gasteiger partial charge is 0.200 e. The Hall–Kier alpha value is -3.33. The molecule has 5 N–H and O–H groups in total. The topological polar surface area (TPSA) is 183 Å². The Bertz CT molecular complexity index is 1150. The Morgan fingerprint density at radius 3 is 1.85 bits per heavy atom. The molecule has 13 nitrogen and oxygen atoms in total. The quantitative estimate of drug-likeness (QED) is 0.255. The summed E-state index contributed by atoms with van der Waals surface area (Å²) in [4.78, 5) is 13.8. The molecular formula is C27H34O13. The number of benzene rings is 2. The van der Waals surface area contributed by atoms with Crippen LogP contribution in [0.5, 0.6) is 34.5 Å². The van der Waals surface area contributed by atoms with Gasteiger partial charge in [0, 0.05) is 11.5 Å². The van der Waals surface area contributed by atoms with E-state index in [2.05, 4.69) is 0 Å². The van der Waals surface area contributed by atoms with Gasteiger partial charge >= 0.3 is 0 Å². The van der Waals surface area contributed by atoms with Gasteiger partial charge in [-0.15, -0.1) is 0 Å². The van der Waals surface area contributed by atoms with Crippen molar-refractivity contribution in [2.45, 2.75) is 30.7 Å². The van der Waals surface area contributed by atoms with E-state index in [0.717, 1.165) is 0 Å². The monoisotopic (exact) mass is 566 g/mol. The van der Waals surface area contributed by atoms with Crippen molar-refractivity contribution in [2.75, 3.05) is 48.3 Å². The molecule has 40 heavy (non-hydrogen) atoms. The summed E-state index contributed by atoms with van der Waals surface area (Å²) in [6, 6.07) is 5.90. The fraction of sp³-hybridized carbons (Fsp3) is 0.519. The highest BCUT2D eigenvalue weighted by Gasteiger charge is 2.45. The van der Waals surface area contributed by atoms with Crippen LogP contribution in [0.4, 0.5) is 0 Å². The van der Waals surface area contributed by atoms with Crippen LogP contribution in [0, 0.1) is 11.8 Å². The van der Waals surface area contributed by atoms with Gasteiger partial charge in [-0.3, -0.25) is 4.79 Å². The number of ketones is 1. The molecule has 2 aromatic carbocycles. The molecule has 2 aliphatic heterocycles. The van der Waals surface area contributed by atoms with Gasteiger partial charge in [0.2, 0.25) is 11.5 Å². The van der Waals surface area contributed by atoms with Crippen LogP contribution >= 0.6 is 0 Å². The number of hydrogen-bond donors (Lipinski definition) is 5. The van der Waals surface area contributed by atoms with Gasteiger partial charge in [-0.05, 0) is 29.8 Å². The second-order valence-electron chi connectivity index (χ2n) is 9.48. The van der Waals surface area contributed by atoms with E-state index in [1.807, 2.05) is 0 Å². The first kappa shape index (κ1) is 29.6. The summed E-state index contributed by atoms with van der Waals surface area (Å²) in [7, 11) is 5.46. The lowest BCUT2D eigenvalue weighted by Crippen LogP contribution is -2.54. The average molecular weight is 567 g/mol. The van der Waals surface area contributed by atoms with Crippen LogP contribution in [0.1, 0.15) is 22.0 Å². The standard InChI is InChI=1S/C27H34O13/c1-34-17-5-12(6-18(35-2)23(17)31)21(29)14-9-38-26(13-7-19(36-3)24(32)20(8-13)37-4)15(14)10-39-27-25(33)22(30)16(28)11-40-27/h5-8,14-16,22,25-28,30-33H,9-11H2,1-4H3. The molecule has 2 heterocycles. The average Bonchev–Trinajstić information content (AvgIpc) is 3.39.